The van der Waals surface area contributed by atoms with Crippen molar-refractivity contribution in [3.8, 4) is 0 Å². The Morgan fingerprint density at radius 2 is 2.00 bits per heavy atom. The first-order chi connectivity index (χ1) is 7.84. The predicted molar refractivity (Wildman–Crippen MR) is 63.0 cm³/mol. The number of carboxylic acid groups (broad SMARTS) is 1. The highest BCUT2D eigenvalue weighted by atomic mass is 32.2. The van der Waals surface area contributed by atoms with Crippen LogP contribution in [0.15, 0.2) is 0 Å². The molecule has 2 N–H and O–H groups in total. The standard InChI is InChI=1S/C10H20FNO4S/c1-3-8(2)9(10(13)14)12-17(15,16)7-5-4-6-11/h8-9,12H,3-7H2,1-2H3,(H,13,14)/t8-,9-/m0/s1. The Morgan fingerprint density at radius 3 is 2.41 bits per heavy atom. The molecule has 0 amide bonds. The molecule has 0 heterocycles. The molecule has 0 bridgehead atoms. The van der Waals surface area contributed by atoms with Gasteiger partial charge in [-0.3, -0.25) is 9.18 Å². The summed E-state index contributed by atoms with van der Waals surface area (Å²) in [5.74, 6) is -1.71. The van der Waals surface area contributed by atoms with Crippen molar-refractivity contribution in [2.24, 2.45) is 5.92 Å². The summed E-state index contributed by atoms with van der Waals surface area (Å²) in [6.45, 7) is 2.89. The van der Waals surface area contributed by atoms with Crippen LogP contribution >= 0.6 is 0 Å². The Kier molecular flexibility index (Phi) is 7.29. The van der Waals surface area contributed by atoms with Gasteiger partial charge in [0.25, 0.3) is 0 Å². The molecule has 0 aliphatic carbocycles. The molecule has 0 unspecified atom stereocenters. The van der Waals surface area contributed by atoms with Gasteiger partial charge in [0.15, 0.2) is 0 Å². The summed E-state index contributed by atoms with van der Waals surface area (Å²) in [4.78, 5) is 10.9. The van der Waals surface area contributed by atoms with Crippen molar-refractivity contribution in [3.63, 3.8) is 0 Å². The summed E-state index contributed by atoms with van der Waals surface area (Å²) in [6.07, 6.45) is 0.921. The summed E-state index contributed by atoms with van der Waals surface area (Å²) < 4.78 is 37.1. The topological polar surface area (TPSA) is 83.5 Å². The lowest BCUT2D eigenvalue weighted by molar-refractivity contribution is -0.140. The smallest absolute Gasteiger partial charge is 0.322 e. The number of hydrogen-bond acceptors (Lipinski definition) is 3. The monoisotopic (exact) mass is 269 g/mol. The number of sulfonamides is 1. The number of hydrogen-bond donors (Lipinski definition) is 2. The minimum absolute atomic E-state index is 0.169. The lowest BCUT2D eigenvalue weighted by atomic mass is 10.0. The fourth-order valence-corrected chi connectivity index (χ4v) is 2.71. The molecular weight excluding hydrogens is 249 g/mol. The minimum atomic E-state index is -3.65. The lowest BCUT2D eigenvalue weighted by Crippen LogP contribution is -2.45. The van der Waals surface area contributed by atoms with Crippen molar-refractivity contribution < 1.29 is 22.7 Å². The number of halogens is 1. The molecule has 102 valence electrons. The van der Waals surface area contributed by atoms with Crippen molar-refractivity contribution >= 4 is 16.0 Å². The maximum absolute atomic E-state index is 11.8. The maximum Gasteiger partial charge on any atom is 0.322 e. The predicted octanol–water partition coefficient (Wildman–Crippen LogP) is 1.15. The molecule has 17 heavy (non-hydrogen) atoms. The van der Waals surface area contributed by atoms with Crippen LogP contribution in [0, 0.1) is 5.92 Å². The molecule has 0 aromatic carbocycles. The minimum Gasteiger partial charge on any atom is -0.480 e. The van der Waals surface area contributed by atoms with E-state index in [0.717, 1.165) is 0 Å². The van der Waals surface area contributed by atoms with Crippen molar-refractivity contribution in [2.75, 3.05) is 12.4 Å². The van der Waals surface area contributed by atoms with Crippen molar-refractivity contribution in [1.29, 1.82) is 0 Å². The van der Waals surface area contributed by atoms with E-state index in [9.17, 15) is 17.6 Å². The van der Waals surface area contributed by atoms with Gasteiger partial charge in [-0.15, -0.1) is 0 Å². The third-order valence-corrected chi connectivity index (χ3v) is 4.02. The molecule has 0 aromatic heterocycles. The van der Waals surface area contributed by atoms with Gasteiger partial charge in [0, 0.05) is 0 Å². The van der Waals surface area contributed by atoms with Gasteiger partial charge in [-0.1, -0.05) is 20.3 Å². The summed E-state index contributed by atoms with van der Waals surface area (Å²) in [6, 6.07) is -1.12. The van der Waals surface area contributed by atoms with Gasteiger partial charge in [-0.25, -0.2) is 13.1 Å². The van der Waals surface area contributed by atoms with Gasteiger partial charge in [-0.05, 0) is 18.8 Å². The molecule has 0 saturated carbocycles. The largest absolute Gasteiger partial charge is 0.480 e. The maximum atomic E-state index is 11.8. The summed E-state index contributed by atoms with van der Waals surface area (Å²) in [5.41, 5.74) is 0. The fourth-order valence-electron chi connectivity index (χ4n) is 1.28. The molecule has 0 saturated heterocycles. The van der Waals surface area contributed by atoms with Gasteiger partial charge in [-0.2, -0.15) is 0 Å². The van der Waals surface area contributed by atoms with Gasteiger partial charge in [0.2, 0.25) is 10.0 Å². The Balaban J connectivity index is 4.48. The first kappa shape index (κ1) is 16.3. The lowest BCUT2D eigenvalue weighted by Gasteiger charge is -2.19. The van der Waals surface area contributed by atoms with Gasteiger partial charge < -0.3 is 5.11 Å². The van der Waals surface area contributed by atoms with E-state index < -0.39 is 28.7 Å². The molecule has 0 aliphatic heterocycles. The van der Waals surface area contributed by atoms with E-state index in [1.165, 1.54) is 0 Å². The number of unbranched alkanes of at least 4 members (excludes halogenated alkanes) is 1. The molecular formula is C10H20FNO4S. The number of carbonyl (C=O) groups is 1. The number of rotatable bonds is 9. The molecule has 7 heteroatoms. The summed E-state index contributed by atoms with van der Waals surface area (Å²) in [7, 11) is -3.65. The van der Waals surface area contributed by atoms with Crippen LogP contribution in [0.4, 0.5) is 4.39 Å². The fraction of sp³-hybridized carbons (Fsp3) is 0.900. The van der Waals surface area contributed by atoms with Crippen LogP contribution in [0.3, 0.4) is 0 Å². The van der Waals surface area contributed by atoms with E-state index in [-0.39, 0.29) is 24.5 Å². The van der Waals surface area contributed by atoms with Gasteiger partial charge in [0.1, 0.15) is 6.04 Å². The van der Waals surface area contributed by atoms with Gasteiger partial charge >= 0.3 is 5.97 Å². The van der Waals surface area contributed by atoms with Crippen LogP contribution in [0.25, 0.3) is 0 Å². The number of carboxylic acids is 1. The second kappa shape index (κ2) is 7.60. The first-order valence-electron chi connectivity index (χ1n) is 5.62. The SMILES string of the molecule is CC[C@H](C)[C@H](NS(=O)(=O)CCCCF)C(=O)O. The summed E-state index contributed by atoms with van der Waals surface area (Å²) >= 11 is 0. The molecule has 0 aromatic rings. The normalized spacial score (nSPS) is 15.5. The van der Waals surface area contributed by atoms with E-state index in [2.05, 4.69) is 4.72 Å². The third kappa shape index (κ3) is 6.58. The molecule has 0 fully saturated rings. The van der Waals surface area contributed by atoms with Crippen LogP contribution < -0.4 is 4.72 Å². The average Bonchev–Trinajstić information content (AvgIpc) is 2.25. The first-order valence-corrected chi connectivity index (χ1v) is 7.28. The molecule has 0 aliphatic rings. The highest BCUT2D eigenvalue weighted by Crippen LogP contribution is 2.09. The quantitative estimate of drug-likeness (QED) is 0.615. The summed E-state index contributed by atoms with van der Waals surface area (Å²) in [5, 5.41) is 8.92. The zero-order chi connectivity index (χ0) is 13.5. The second-order valence-corrected chi connectivity index (χ2v) is 5.91. The van der Waals surface area contributed by atoms with Crippen LogP contribution in [0.1, 0.15) is 33.1 Å². The number of aliphatic carboxylic acids is 1. The van der Waals surface area contributed by atoms with Crippen LogP contribution in [0.5, 0.6) is 0 Å². The van der Waals surface area contributed by atoms with E-state index in [4.69, 9.17) is 5.11 Å². The van der Waals surface area contributed by atoms with E-state index >= 15 is 0 Å². The zero-order valence-corrected chi connectivity index (χ0v) is 11.0. The molecule has 2 atom stereocenters. The Labute approximate surface area is 101 Å². The van der Waals surface area contributed by atoms with Crippen molar-refractivity contribution in [3.05, 3.63) is 0 Å². The number of alkyl halides is 1. The second-order valence-electron chi connectivity index (χ2n) is 4.03. The highest BCUT2D eigenvalue weighted by Gasteiger charge is 2.27. The van der Waals surface area contributed by atoms with E-state index in [1.807, 2.05) is 0 Å². The van der Waals surface area contributed by atoms with Crippen molar-refractivity contribution in [2.45, 2.75) is 39.2 Å². The Bertz CT molecular complexity index is 331. The van der Waals surface area contributed by atoms with Crippen molar-refractivity contribution in [1.82, 2.24) is 4.72 Å². The van der Waals surface area contributed by atoms with Crippen LogP contribution in [-0.4, -0.2) is 38.0 Å². The molecule has 0 rings (SSSR count). The Morgan fingerprint density at radius 1 is 1.41 bits per heavy atom. The third-order valence-electron chi connectivity index (χ3n) is 2.58. The molecule has 0 spiro atoms. The van der Waals surface area contributed by atoms with E-state index in [0.29, 0.717) is 6.42 Å². The highest BCUT2D eigenvalue weighted by molar-refractivity contribution is 7.89. The average molecular weight is 269 g/mol. The Hall–Kier alpha value is -0.690. The van der Waals surface area contributed by atoms with Crippen LogP contribution in [-0.2, 0) is 14.8 Å². The van der Waals surface area contributed by atoms with E-state index in [1.54, 1.807) is 13.8 Å². The zero-order valence-electron chi connectivity index (χ0n) is 10.1. The molecule has 5 nitrogen and oxygen atoms in total. The molecule has 0 radical (unpaired) electrons. The van der Waals surface area contributed by atoms with Gasteiger partial charge in [0.05, 0.1) is 12.4 Å². The number of nitrogens with one attached hydrogen (secondary N) is 1. The van der Waals surface area contributed by atoms with Crippen LogP contribution in [0.2, 0.25) is 0 Å².